The number of nitrogens with one attached hydrogen (secondary N) is 2. The van der Waals surface area contributed by atoms with Crippen LogP contribution in [0.2, 0.25) is 0 Å². The van der Waals surface area contributed by atoms with E-state index in [0.717, 1.165) is 6.54 Å². The van der Waals surface area contributed by atoms with Crippen molar-refractivity contribution < 1.29 is 12.8 Å². The molecule has 18 heavy (non-hydrogen) atoms. The zero-order valence-corrected chi connectivity index (χ0v) is 11.6. The van der Waals surface area contributed by atoms with Crippen LogP contribution in [0.15, 0.2) is 34.3 Å². The van der Waals surface area contributed by atoms with E-state index in [9.17, 15) is 8.42 Å². The smallest absolute Gasteiger partial charge is 0.274 e. The number of rotatable bonds is 8. The Morgan fingerprint density at radius 3 is 2.78 bits per heavy atom. The van der Waals surface area contributed by atoms with Gasteiger partial charge in [0.2, 0.25) is 5.09 Å². The molecule has 0 aliphatic rings. The minimum Gasteiger partial charge on any atom is -0.447 e. The normalized spacial score (nSPS) is 11.9. The van der Waals surface area contributed by atoms with Gasteiger partial charge >= 0.3 is 0 Å². The van der Waals surface area contributed by atoms with E-state index in [0.29, 0.717) is 18.2 Å². The van der Waals surface area contributed by atoms with Crippen LogP contribution < -0.4 is 10.0 Å². The van der Waals surface area contributed by atoms with Crippen LogP contribution in [0.3, 0.4) is 0 Å². The van der Waals surface area contributed by atoms with Crippen molar-refractivity contribution in [1.82, 2.24) is 10.0 Å². The molecule has 0 amide bonds. The highest BCUT2D eigenvalue weighted by molar-refractivity contribution is 7.89. The minimum absolute atomic E-state index is 0.0642. The van der Waals surface area contributed by atoms with Gasteiger partial charge in [-0.3, -0.25) is 0 Å². The second-order valence-corrected chi connectivity index (χ2v) is 6.08. The molecular formula is C12H20N2O3S. The summed E-state index contributed by atoms with van der Waals surface area (Å²) < 4.78 is 31.1. The maximum Gasteiger partial charge on any atom is 0.274 e. The fourth-order valence-electron chi connectivity index (χ4n) is 1.32. The maximum atomic E-state index is 11.7. The van der Waals surface area contributed by atoms with E-state index < -0.39 is 10.0 Å². The van der Waals surface area contributed by atoms with Crippen molar-refractivity contribution >= 4 is 10.0 Å². The number of hydrogen-bond donors (Lipinski definition) is 2. The van der Waals surface area contributed by atoms with Gasteiger partial charge in [-0.15, -0.1) is 6.58 Å². The Morgan fingerprint density at radius 2 is 2.17 bits per heavy atom. The molecule has 5 nitrogen and oxygen atoms in total. The van der Waals surface area contributed by atoms with Gasteiger partial charge in [0.25, 0.3) is 10.0 Å². The van der Waals surface area contributed by atoms with E-state index >= 15 is 0 Å². The third-order valence-corrected chi connectivity index (χ3v) is 3.47. The molecule has 1 rings (SSSR count). The predicted octanol–water partition coefficient (Wildman–Crippen LogP) is 1.49. The van der Waals surface area contributed by atoms with Crippen LogP contribution in [0, 0.1) is 5.92 Å². The zero-order chi connectivity index (χ0) is 13.6. The van der Waals surface area contributed by atoms with Gasteiger partial charge in [-0.2, -0.15) is 0 Å². The third kappa shape index (κ3) is 4.64. The van der Waals surface area contributed by atoms with Crippen LogP contribution in [0.5, 0.6) is 0 Å². The van der Waals surface area contributed by atoms with Gasteiger partial charge in [0.15, 0.2) is 0 Å². The van der Waals surface area contributed by atoms with Crippen molar-refractivity contribution in [3.8, 4) is 0 Å². The summed E-state index contributed by atoms with van der Waals surface area (Å²) in [6.45, 7) is 9.22. The summed E-state index contributed by atoms with van der Waals surface area (Å²) in [5.74, 6) is 1.15. The highest BCUT2D eigenvalue weighted by Gasteiger charge is 2.17. The molecular weight excluding hydrogens is 252 g/mol. The Morgan fingerprint density at radius 1 is 1.44 bits per heavy atom. The summed E-state index contributed by atoms with van der Waals surface area (Å²) >= 11 is 0. The first-order valence-corrected chi connectivity index (χ1v) is 7.34. The molecule has 1 aromatic rings. The summed E-state index contributed by atoms with van der Waals surface area (Å²) in [5, 5.41) is 3.12. The lowest BCUT2D eigenvalue weighted by atomic mass is 10.2. The monoisotopic (exact) mass is 272 g/mol. The molecule has 1 heterocycles. The summed E-state index contributed by atoms with van der Waals surface area (Å²) in [5.41, 5.74) is 0. The molecule has 0 bridgehead atoms. The molecule has 0 saturated carbocycles. The van der Waals surface area contributed by atoms with Gasteiger partial charge in [-0.1, -0.05) is 19.9 Å². The van der Waals surface area contributed by atoms with Crippen molar-refractivity contribution in [2.45, 2.75) is 25.5 Å². The van der Waals surface area contributed by atoms with E-state index in [2.05, 4.69) is 30.5 Å². The second kappa shape index (κ2) is 6.72. The largest absolute Gasteiger partial charge is 0.447 e. The van der Waals surface area contributed by atoms with Gasteiger partial charge in [-0.05, 0) is 24.6 Å². The van der Waals surface area contributed by atoms with E-state index in [1.165, 1.54) is 12.1 Å². The van der Waals surface area contributed by atoms with Crippen molar-refractivity contribution in [2.24, 2.45) is 5.92 Å². The summed E-state index contributed by atoms with van der Waals surface area (Å²) in [6, 6.07) is 3.12. The quantitative estimate of drug-likeness (QED) is 0.703. The molecule has 0 aliphatic heterocycles. The number of sulfonamides is 1. The molecule has 0 aromatic carbocycles. The lowest BCUT2D eigenvalue weighted by molar-refractivity contribution is 0.395. The molecule has 2 N–H and O–H groups in total. The average molecular weight is 272 g/mol. The second-order valence-electron chi connectivity index (χ2n) is 4.39. The SMILES string of the molecule is C=CCNS(=O)(=O)c1ccc(CNCC(C)C)o1. The lowest BCUT2D eigenvalue weighted by Crippen LogP contribution is -2.23. The predicted molar refractivity (Wildman–Crippen MR) is 70.6 cm³/mol. The van der Waals surface area contributed by atoms with E-state index in [1.54, 1.807) is 6.07 Å². The van der Waals surface area contributed by atoms with Crippen molar-refractivity contribution in [2.75, 3.05) is 13.1 Å². The first kappa shape index (κ1) is 14.9. The standard InChI is InChI=1S/C12H20N2O3S/c1-4-7-14-18(15,16)12-6-5-11(17-12)9-13-8-10(2)3/h4-6,10,13-14H,1,7-9H2,2-3H3. The van der Waals surface area contributed by atoms with Crippen LogP contribution >= 0.6 is 0 Å². The van der Waals surface area contributed by atoms with Crippen LogP contribution in [0.4, 0.5) is 0 Å². The van der Waals surface area contributed by atoms with Crippen LogP contribution in [0.1, 0.15) is 19.6 Å². The minimum atomic E-state index is -3.56. The topological polar surface area (TPSA) is 71.3 Å². The summed E-state index contributed by atoms with van der Waals surface area (Å²) in [7, 11) is -3.56. The molecule has 0 unspecified atom stereocenters. The van der Waals surface area contributed by atoms with Gasteiger partial charge in [-0.25, -0.2) is 13.1 Å². The molecule has 0 radical (unpaired) electrons. The fraction of sp³-hybridized carbons (Fsp3) is 0.500. The average Bonchev–Trinajstić information content (AvgIpc) is 2.75. The first-order valence-electron chi connectivity index (χ1n) is 5.85. The molecule has 0 saturated heterocycles. The zero-order valence-electron chi connectivity index (χ0n) is 10.8. The fourth-order valence-corrected chi connectivity index (χ4v) is 2.26. The van der Waals surface area contributed by atoms with Gasteiger partial charge < -0.3 is 9.73 Å². The third-order valence-electron chi connectivity index (χ3n) is 2.17. The Hall–Kier alpha value is -1.11. The number of hydrogen-bond acceptors (Lipinski definition) is 4. The van der Waals surface area contributed by atoms with Gasteiger partial charge in [0.05, 0.1) is 6.54 Å². The molecule has 0 aliphatic carbocycles. The van der Waals surface area contributed by atoms with E-state index in [4.69, 9.17) is 4.42 Å². The highest BCUT2D eigenvalue weighted by atomic mass is 32.2. The Bertz CT molecular complexity index is 477. The van der Waals surface area contributed by atoms with Crippen LogP contribution in [-0.2, 0) is 16.6 Å². The molecule has 0 fully saturated rings. The number of furan rings is 1. The van der Waals surface area contributed by atoms with Crippen LogP contribution in [0.25, 0.3) is 0 Å². The molecule has 0 atom stereocenters. The molecule has 6 heteroatoms. The van der Waals surface area contributed by atoms with E-state index in [1.807, 2.05) is 0 Å². The van der Waals surface area contributed by atoms with Gasteiger partial charge in [0, 0.05) is 6.54 Å². The summed E-state index contributed by atoms with van der Waals surface area (Å²) in [6.07, 6.45) is 1.48. The molecule has 0 spiro atoms. The van der Waals surface area contributed by atoms with Crippen molar-refractivity contribution in [3.63, 3.8) is 0 Å². The van der Waals surface area contributed by atoms with Crippen LogP contribution in [-0.4, -0.2) is 21.5 Å². The van der Waals surface area contributed by atoms with Crippen molar-refractivity contribution in [1.29, 1.82) is 0 Å². The maximum absolute atomic E-state index is 11.7. The lowest BCUT2D eigenvalue weighted by Gasteiger charge is -2.05. The van der Waals surface area contributed by atoms with E-state index in [-0.39, 0.29) is 11.6 Å². The molecule has 102 valence electrons. The highest BCUT2D eigenvalue weighted by Crippen LogP contribution is 2.13. The molecule has 1 aromatic heterocycles. The van der Waals surface area contributed by atoms with Gasteiger partial charge in [0.1, 0.15) is 5.76 Å². The Labute approximate surface area is 108 Å². The summed E-state index contributed by atoms with van der Waals surface area (Å²) in [4.78, 5) is 0. The first-order chi connectivity index (χ1) is 8.45. The van der Waals surface area contributed by atoms with Crippen molar-refractivity contribution in [3.05, 3.63) is 30.5 Å². The Kier molecular flexibility index (Phi) is 5.58. The Balaban J connectivity index is 2.59.